The van der Waals surface area contributed by atoms with E-state index in [9.17, 15) is 14.0 Å². The van der Waals surface area contributed by atoms with E-state index in [4.69, 9.17) is 16.7 Å². The Labute approximate surface area is 118 Å². The minimum atomic E-state index is -1.37. The smallest absolute Gasteiger partial charge is 0.338 e. The van der Waals surface area contributed by atoms with E-state index >= 15 is 0 Å². The molecule has 2 aromatic carbocycles. The van der Waals surface area contributed by atoms with Crippen LogP contribution in [0.25, 0.3) is 0 Å². The molecule has 0 radical (unpaired) electrons. The molecule has 0 aromatic heterocycles. The zero-order chi connectivity index (χ0) is 14.7. The second kappa shape index (κ2) is 5.71. The number of anilines is 1. The highest BCUT2D eigenvalue weighted by Gasteiger charge is 2.12. The second-order valence-electron chi connectivity index (χ2n) is 3.96. The Morgan fingerprint density at radius 1 is 1.15 bits per heavy atom. The topological polar surface area (TPSA) is 66.4 Å². The largest absolute Gasteiger partial charge is 0.478 e. The molecule has 20 heavy (non-hydrogen) atoms. The highest BCUT2D eigenvalue weighted by Crippen LogP contribution is 2.17. The van der Waals surface area contributed by atoms with Crippen molar-refractivity contribution in [1.29, 1.82) is 0 Å². The zero-order valence-electron chi connectivity index (χ0n) is 10.1. The summed E-state index contributed by atoms with van der Waals surface area (Å²) in [6, 6.07) is 9.62. The Morgan fingerprint density at radius 3 is 2.50 bits per heavy atom. The number of halogens is 2. The highest BCUT2D eigenvalue weighted by molar-refractivity contribution is 6.31. The number of aromatic carboxylic acids is 1. The molecule has 6 heteroatoms. The van der Waals surface area contributed by atoms with Gasteiger partial charge in [0.05, 0.1) is 5.56 Å². The van der Waals surface area contributed by atoms with Crippen LogP contribution in [0.4, 0.5) is 10.1 Å². The number of carboxylic acids is 1. The highest BCUT2D eigenvalue weighted by atomic mass is 35.5. The number of carbonyl (C=O) groups excluding carboxylic acids is 1. The molecule has 0 saturated carbocycles. The van der Waals surface area contributed by atoms with Crippen molar-refractivity contribution < 1.29 is 19.1 Å². The number of rotatable bonds is 3. The van der Waals surface area contributed by atoms with E-state index < -0.39 is 23.3 Å². The number of nitrogens with one attached hydrogen (secondary N) is 1. The maximum absolute atomic E-state index is 13.5. The lowest BCUT2D eigenvalue weighted by atomic mass is 10.1. The summed E-state index contributed by atoms with van der Waals surface area (Å²) >= 11 is 5.77. The van der Waals surface area contributed by atoms with Gasteiger partial charge in [0.25, 0.3) is 5.91 Å². The summed E-state index contributed by atoms with van der Waals surface area (Å²) in [6.07, 6.45) is 0. The van der Waals surface area contributed by atoms with Gasteiger partial charge in [-0.2, -0.15) is 0 Å². The molecule has 2 N–H and O–H groups in total. The van der Waals surface area contributed by atoms with E-state index in [1.807, 2.05) is 0 Å². The minimum absolute atomic E-state index is 0.164. The van der Waals surface area contributed by atoms with Gasteiger partial charge in [0.2, 0.25) is 0 Å². The van der Waals surface area contributed by atoms with Crippen LogP contribution >= 0.6 is 11.6 Å². The molecule has 0 bridgehead atoms. The molecule has 0 atom stereocenters. The van der Waals surface area contributed by atoms with E-state index in [0.717, 1.165) is 12.1 Å². The number of carboxylic acid groups (broad SMARTS) is 1. The van der Waals surface area contributed by atoms with Crippen LogP contribution in [-0.2, 0) is 0 Å². The summed E-state index contributed by atoms with van der Waals surface area (Å²) in [4.78, 5) is 22.6. The van der Waals surface area contributed by atoms with E-state index in [1.165, 1.54) is 12.1 Å². The predicted octanol–water partition coefficient (Wildman–Crippen LogP) is 3.43. The molecule has 2 rings (SSSR count). The number of carbonyl (C=O) groups is 2. The maximum atomic E-state index is 13.5. The lowest BCUT2D eigenvalue weighted by Crippen LogP contribution is -2.12. The quantitative estimate of drug-likeness (QED) is 0.911. The first kappa shape index (κ1) is 14.0. The average molecular weight is 294 g/mol. The summed E-state index contributed by atoms with van der Waals surface area (Å²) in [7, 11) is 0. The first-order valence-electron chi connectivity index (χ1n) is 5.57. The molecule has 0 fully saturated rings. The van der Waals surface area contributed by atoms with Crippen LogP contribution in [0, 0.1) is 5.82 Å². The molecule has 0 unspecified atom stereocenters. The first-order chi connectivity index (χ1) is 9.47. The summed E-state index contributed by atoms with van der Waals surface area (Å²) in [5.74, 6) is -2.74. The van der Waals surface area contributed by atoms with E-state index in [1.54, 1.807) is 18.2 Å². The van der Waals surface area contributed by atoms with Crippen LogP contribution in [-0.4, -0.2) is 17.0 Å². The SMILES string of the molecule is O=C(Nc1ccc(C(=O)O)c(F)c1)c1cccc(Cl)c1. The molecule has 0 saturated heterocycles. The normalized spacial score (nSPS) is 10.1. The fraction of sp³-hybridized carbons (Fsp3) is 0. The van der Waals surface area contributed by atoms with E-state index in [2.05, 4.69) is 5.32 Å². The summed E-state index contributed by atoms with van der Waals surface area (Å²) < 4.78 is 13.5. The predicted molar refractivity (Wildman–Crippen MR) is 72.8 cm³/mol. The first-order valence-corrected chi connectivity index (χ1v) is 5.95. The van der Waals surface area contributed by atoms with Crippen molar-refractivity contribution in [2.45, 2.75) is 0 Å². The van der Waals surface area contributed by atoms with Crippen LogP contribution in [0.3, 0.4) is 0 Å². The van der Waals surface area contributed by atoms with Gasteiger partial charge in [0, 0.05) is 16.3 Å². The van der Waals surface area contributed by atoms with Crippen LogP contribution in [0.5, 0.6) is 0 Å². The molecule has 1 amide bonds. The van der Waals surface area contributed by atoms with E-state index in [-0.39, 0.29) is 5.69 Å². The summed E-state index contributed by atoms with van der Waals surface area (Å²) in [5.41, 5.74) is 0.0310. The maximum Gasteiger partial charge on any atom is 0.338 e. The fourth-order valence-electron chi connectivity index (χ4n) is 1.60. The number of hydrogen-bond donors (Lipinski definition) is 2. The third-order valence-electron chi connectivity index (χ3n) is 2.54. The average Bonchev–Trinajstić information content (AvgIpc) is 2.38. The summed E-state index contributed by atoms with van der Waals surface area (Å²) in [6.45, 7) is 0. The Hall–Kier alpha value is -2.40. The van der Waals surface area contributed by atoms with Crippen molar-refractivity contribution in [3.63, 3.8) is 0 Å². The van der Waals surface area contributed by atoms with Gasteiger partial charge in [0.1, 0.15) is 5.82 Å². The standard InChI is InChI=1S/C14H9ClFNO3/c15-9-3-1-2-8(6-9)13(18)17-10-4-5-11(14(19)20)12(16)7-10/h1-7H,(H,17,18)(H,19,20). The van der Waals surface area contributed by atoms with Crippen molar-refractivity contribution in [2.75, 3.05) is 5.32 Å². The van der Waals surface area contributed by atoms with Gasteiger partial charge in [-0.3, -0.25) is 4.79 Å². The van der Waals surface area contributed by atoms with Gasteiger partial charge in [-0.05, 0) is 36.4 Å². The van der Waals surface area contributed by atoms with E-state index in [0.29, 0.717) is 10.6 Å². The molecule has 4 nitrogen and oxygen atoms in total. The molecular weight excluding hydrogens is 285 g/mol. The van der Waals surface area contributed by atoms with Gasteiger partial charge in [-0.1, -0.05) is 17.7 Å². The lowest BCUT2D eigenvalue weighted by Gasteiger charge is -2.06. The van der Waals surface area contributed by atoms with Gasteiger partial charge in [0.15, 0.2) is 0 Å². The Morgan fingerprint density at radius 2 is 1.90 bits per heavy atom. The number of amides is 1. The van der Waals surface area contributed by atoms with Crippen molar-refractivity contribution in [3.05, 3.63) is 64.4 Å². The lowest BCUT2D eigenvalue weighted by molar-refractivity contribution is 0.0692. The molecule has 0 aliphatic rings. The Bertz CT molecular complexity index is 688. The molecule has 0 spiro atoms. The Balaban J connectivity index is 2.20. The van der Waals surface area contributed by atoms with Crippen molar-refractivity contribution in [3.8, 4) is 0 Å². The number of hydrogen-bond acceptors (Lipinski definition) is 2. The van der Waals surface area contributed by atoms with Gasteiger partial charge in [-0.25, -0.2) is 9.18 Å². The fourth-order valence-corrected chi connectivity index (χ4v) is 1.79. The molecule has 0 heterocycles. The zero-order valence-corrected chi connectivity index (χ0v) is 10.8. The third kappa shape index (κ3) is 3.13. The van der Waals surface area contributed by atoms with Crippen LogP contribution in [0.1, 0.15) is 20.7 Å². The molecule has 0 aliphatic heterocycles. The molecular formula is C14H9ClFNO3. The van der Waals surface area contributed by atoms with Crippen molar-refractivity contribution >= 4 is 29.2 Å². The molecule has 102 valence electrons. The van der Waals surface area contributed by atoms with Gasteiger partial charge in [-0.15, -0.1) is 0 Å². The van der Waals surface area contributed by atoms with Crippen LogP contribution in [0.2, 0.25) is 5.02 Å². The second-order valence-corrected chi connectivity index (χ2v) is 4.40. The molecule has 2 aromatic rings. The van der Waals surface area contributed by atoms with Gasteiger partial charge < -0.3 is 10.4 Å². The number of benzene rings is 2. The molecule has 0 aliphatic carbocycles. The van der Waals surface area contributed by atoms with Crippen molar-refractivity contribution in [2.24, 2.45) is 0 Å². The van der Waals surface area contributed by atoms with Crippen LogP contribution < -0.4 is 5.32 Å². The van der Waals surface area contributed by atoms with Gasteiger partial charge >= 0.3 is 5.97 Å². The minimum Gasteiger partial charge on any atom is -0.478 e. The third-order valence-corrected chi connectivity index (χ3v) is 2.78. The van der Waals surface area contributed by atoms with Crippen LogP contribution in [0.15, 0.2) is 42.5 Å². The Kier molecular flexibility index (Phi) is 4.00. The van der Waals surface area contributed by atoms with Crippen molar-refractivity contribution in [1.82, 2.24) is 0 Å². The summed E-state index contributed by atoms with van der Waals surface area (Å²) in [5, 5.41) is 11.6. The monoisotopic (exact) mass is 293 g/mol.